The third-order valence-corrected chi connectivity index (χ3v) is 4.16. The molecule has 0 aromatic heterocycles. The third kappa shape index (κ3) is 12.1. The predicted octanol–water partition coefficient (Wildman–Crippen LogP) is 2.87. The van der Waals surface area contributed by atoms with E-state index in [2.05, 4.69) is 26.1 Å². The molecule has 3 N–H and O–H groups in total. The van der Waals surface area contributed by atoms with Gasteiger partial charge in [-0.2, -0.15) is 0 Å². The lowest BCUT2D eigenvalue weighted by Gasteiger charge is -2.30. The second-order valence-corrected chi connectivity index (χ2v) is 6.27. The van der Waals surface area contributed by atoms with Gasteiger partial charge in [0.1, 0.15) is 0 Å². The summed E-state index contributed by atoms with van der Waals surface area (Å²) < 4.78 is 5.52. The molecule has 0 heterocycles. The zero-order valence-corrected chi connectivity index (χ0v) is 14.4. The van der Waals surface area contributed by atoms with Crippen LogP contribution in [0.2, 0.25) is 0 Å². The lowest BCUT2D eigenvalue weighted by molar-refractivity contribution is 0.0304. The Morgan fingerprint density at radius 3 is 2.38 bits per heavy atom. The highest BCUT2D eigenvalue weighted by atomic mass is 16.5. The number of ether oxygens (including phenoxy) is 1. The number of hydrogen-bond donors (Lipinski definition) is 3. The molecule has 128 valence electrons. The monoisotopic (exact) mass is 303 g/mol. The van der Waals surface area contributed by atoms with E-state index in [1.807, 2.05) is 0 Å². The number of aliphatic hydroxyl groups excluding tert-OH is 2. The van der Waals surface area contributed by atoms with Gasteiger partial charge in [0, 0.05) is 25.3 Å². The van der Waals surface area contributed by atoms with Crippen molar-refractivity contribution < 1.29 is 14.9 Å². The van der Waals surface area contributed by atoms with Crippen molar-refractivity contribution in [1.29, 1.82) is 0 Å². The maximum atomic E-state index is 9.90. The molecule has 0 spiro atoms. The maximum absolute atomic E-state index is 9.90. The lowest BCUT2D eigenvalue weighted by atomic mass is 9.95. The quantitative estimate of drug-likeness (QED) is 0.407. The first-order valence-electron chi connectivity index (χ1n) is 8.69. The Labute approximate surface area is 131 Å². The van der Waals surface area contributed by atoms with Gasteiger partial charge in [-0.25, -0.2) is 0 Å². The molecule has 4 nitrogen and oxygen atoms in total. The largest absolute Gasteiger partial charge is 0.396 e. The summed E-state index contributed by atoms with van der Waals surface area (Å²) in [6, 6.07) is 0. The number of aliphatic hydroxyl groups is 2. The van der Waals surface area contributed by atoms with Crippen LogP contribution in [-0.4, -0.2) is 48.2 Å². The molecule has 0 aliphatic carbocycles. The lowest BCUT2D eigenvalue weighted by Crippen LogP contribution is -2.46. The normalized spacial score (nSPS) is 15.9. The van der Waals surface area contributed by atoms with Gasteiger partial charge >= 0.3 is 0 Å². The fourth-order valence-corrected chi connectivity index (χ4v) is 2.26. The first-order valence-corrected chi connectivity index (χ1v) is 8.69. The summed E-state index contributed by atoms with van der Waals surface area (Å²) in [5.41, 5.74) is -0.102. The van der Waals surface area contributed by atoms with Crippen LogP contribution in [0.1, 0.15) is 72.1 Å². The Morgan fingerprint density at radius 2 is 1.76 bits per heavy atom. The van der Waals surface area contributed by atoms with Crippen molar-refractivity contribution in [2.75, 3.05) is 26.4 Å². The van der Waals surface area contributed by atoms with Crippen LogP contribution >= 0.6 is 0 Å². The van der Waals surface area contributed by atoms with Gasteiger partial charge in [0.25, 0.3) is 0 Å². The molecule has 4 heteroatoms. The molecule has 0 amide bonds. The van der Waals surface area contributed by atoms with Gasteiger partial charge in [0.2, 0.25) is 0 Å². The smallest absolute Gasteiger partial charge is 0.0897 e. The van der Waals surface area contributed by atoms with Crippen molar-refractivity contribution >= 4 is 0 Å². The summed E-state index contributed by atoms with van der Waals surface area (Å²) in [6.07, 6.45) is 8.68. The van der Waals surface area contributed by atoms with E-state index in [1.54, 1.807) is 0 Å². The van der Waals surface area contributed by atoms with E-state index in [0.717, 1.165) is 19.4 Å². The fraction of sp³-hybridized carbons (Fsp3) is 1.00. The van der Waals surface area contributed by atoms with E-state index in [1.165, 1.54) is 32.1 Å². The minimum absolute atomic E-state index is 0.102. The average Bonchev–Trinajstić information content (AvgIpc) is 2.48. The zero-order chi connectivity index (χ0) is 16.0. The molecule has 0 aliphatic rings. The summed E-state index contributed by atoms with van der Waals surface area (Å²) in [5, 5.41) is 22.3. The van der Waals surface area contributed by atoms with Crippen molar-refractivity contribution in [3.8, 4) is 0 Å². The van der Waals surface area contributed by atoms with Crippen molar-refractivity contribution in [3.63, 3.8) is 0 Å². The van der Waals surface area contributed by atoms with Crippen LogP contribution in [-0.2, 0) is 4.74 Å². The van der Waals surface area contributed by atoms with Crippen LogP contribution in [0.3, 0.4) is 0 Å². The molecule has 0 aromatic carbocycles. The topological polar surface area (TPSA) is 61.7 Å². The van der Waals surface area contributed by atoms with Crippen molar-refractivity contribution in [3.05, 3.63) is 0 Å². The molecular weight excluding hydrogens is 266 g/mol. The van der Waals surface area contributed by atoms with Crippen LogP contribution in [0.15, 0.2) is 0 Å². The van der Waals surface area contributed by atoms with Crippen molar-refractivity contribution in [2.45, 2.75) is 83.8 Å². The number of hydrogen-bond acceptors (Lipinski definition) is 4. The highest BCUT2D eigenvalue weighted by Crippen LogP contribution is 2.13. The average molecular weight is 303 g/mol. The van der Waals surface area contributed by atoms with E-state index >= 15 is 0 Å². The molecule has 0 saturated carbocycles. The summed E-state index contributed by atoms with van der Waals surface area (Å²) in [4.78, 5) is 0. The summed E-state index contributed by atoms with van der Waals surface area (Å²) in [7, 11) is 0. The molecule has 2 unspecified atom stereocenters. The van der Waals surface area contributed by atoms with Gasteiger partial charge in [0.05, 0.1) is 12.7 Å². The minimum atomic E-state index is -0.477. The number of β-amino-alcohol motifs (C(OH)–C–C–N with tert-alkyl or cyclic N) is 1. The Hall–Kier alpha value is -0.160. The van der Waals surface area contributed by atoms with Crippen molar-refractivity contribution in [1.82, 2.24) is 5.32 Å². The Kier molecular flexibility index (Phi) is 13.4. The number of rotatable bonds is 15. The molecule has 2 atom stereocenters. The predicted molar refractivity (Wildman–Crippen MR) is 88.6 cm³/mol. The van der Waals surface area contributed by atoms with Gasteiger partial charge in [-0.05, 0) is 26.2 Å². The Bertz CT molecular complexity index is 226. The van der Waals surface area contributed by atoms with Crippen LogP contribution in [0.4, 0.5) is 0 Å². The number of unbranched alkanes of at least 4 members (excludes halogenated alkanes) is 5. The first-order chi connectivity index (χ1) is 10.1. The van der Waals surface area contributed by atoms with Crippen LogP contribution in [0.25, 0.3) is 0 Å². The van der Waals surface area contributed by atoms with E-state index < -0.39 is 6.10 Å². The van der Waals surface area contributed by atoms with Crippen LogP contribution < -0.4 is 5.32 Å². The first kappa shape index (κ1) is 20.8. The summed E-state index contributed by atoms with van der Waals surface area (Å²) in [6.45, 7) is 8.20. The fourth-order valence-electron chi connectivity index (χ4n) is 2.26. The molecule has 21 heavy (non-hydrogen) atoms. The molecule has 0 fully saturated rings. The molecule has 0 radical (unpaired) electrons. The van der Waals surface area contributed by atoms with Crippen molar-refractivity contribution in [2.24, 2.45) is 0 Å². The standard InChI is InChI=1S/C17H37NO3/c1-4-6-7-8-9-10-13-21-15-16(20)14-18-17(3,5-2)11-12-19/h16,18-20H,4-15H2,1-3H3. The minimum Gasteiger partial charge on any atom is -0.396 e. The molecule has 0 saturated heterocycles. The highest BCUT2D eigenvalue weighted by molar-refractivity contribution is 4.82. The van der Waals surface area contributed by atoms with Gasteiger partial charge in [0.15, 0.2) is 0 Å². The molecule has 0 aliphatic heterocycles. The summed E-state index contributed by atoms with van der Waals surface area (Å²) >= 11 is 0. The molecule has 0 rings (SSSR count). The zero-order valence-electron chi connectivity index (χ0n) is 14.4. The van der Waals surface area contributed by atoms with Gasteiger partial charge in [-0.3, -0.25) is 0 Å². The van der Waals surface area contributed by atoms with Gasteiger partial charge in [-0.15, -0.1) is 0 Å². The van der Waals surface area contributed by atoms with Gasteiger partial charge < -0.3 is 20.3 Å². The molecular formula is C17H37NO3. The maximum Gasteiger partial charge on any atom is 0.0897 e. The molecule has 0 aromatic rings. The van der Waals surface area contributed by atoms with E-state index in [4.69, 9.17) is 9.84 Å². The number of nitrogens with one attached hydrogen (secondary N) is 1. The second kappa shape index (κ2) is 13.5. The van der Waals surface area contributed by atoms with Crippen LogP contribution in [0.5, 0.6) is 0 Å². The Balaban J connectivity index is 3.51. The highest BCUT2D eigenvalue weighted by Gasteiger charge is 2.21. The van der Waals surface area contributed by atoms with Gasteiger partial charge in [-0.1, -0.05) is 46.0 Å². The van der Waals surface area contributed by atoms with E-state index in [-0.39, 0.29) is 12.1 Å². The van der Waals surface area contributed by atoms with E-state index in [0.29, 0.717) is 19.6 Å². The van der Waals surface area contributed by atoms with E-state index in [9.17, 15) is 5.11 Å². The third-order valence-electron chi connectivity index (χ3n) is 4.16. The SMILES string of the molecule is CCCCCCCCOCC(O)CNC(C)(CC)CCO. The summed E-state index contributed by atoms with van der Waals surface area (Å²) in [5.74, 6) is 0. The Morgan fingerprint density at radius 1 is 1.10 bits per heavy atom. The van der Waals surface area contributed by atoms with Crippen LogP contribution in [0, 0.1) is 0 Å². The molecule has 0 bridgehead atoms. The second-order valence-electron chi connectivity index (χ2n) is 6.27.